The summed E-state index contributed by atoms with van der Waals surface area (Å²) in [6.45, 7) is 2.72. The SMILES string of the molecule is CCc1nc(-c2ccc(C(=O)N3CCCc4ccccc43)cc2)no1. The smallest absolute Gasteiger partial charge is 0.258 e. The minimum absolute atomic E-state index is 0.0288. The van der Waals surface area contributed by atoms with Gasteiger partial charge in [-0.25, -0.2) is 0 Å². The van der Waals surface area contributed by atoms with Gasteiger partial charge in [0.15, 0.2) is 0 Å². The molecule has 3 aromatic rings. The van der Waals surface area contributed by atoms with Gasteiger partial charge < -0.3 is 9.42 Å². The van der Waals surface area contributed by atoms with E-state index < -0.39 is 0 Å². The molecular weight excluding hydrogens is 314 g/mol. The van der Waals surface area contributed by atoms with Crippen LogP contribution in [0.1, 0.15) is 35.2 Å². The van der Waals surface area contributed by atoms with Gasteiger partial charge in [-0.3, -0.25) is 4.79 Å². The van der Waals surface area contributed by atoms with Gasteiger partial charge in [0, 0.05) is 29.8 Å². The molecule has 1 aliphatic rings. The summed E-state index contributed by atoms with van der Waals surface area (Å²) in [5.41, 5.74) is 3.77. The standard InChI is InChI=1S/C20H19N3O2/c1-2-18-21-19(22-25-18)15-9-11-16(12-10-15)20(24)23-13-5-7-14-6-3-4-8-17(14)23/h3-4,6,8-12H,2,5,7,13H2,1H3. The lowest BCUT2D eigenvalue weighted by molar-refractivity contribution is 0.0985. The first-order valence-electron chi connectivity index (χ1n) is 8.59. The second-order valence-corrected chi connectivity index (χ2v) is 6.13. The van der Waals surface area contributed by atoms with E-state index in [1.54, 1.807) is 0 Å². The van der Waals surface area contributed by atoms with Crippen LogP contribution in [0.3, 0.4) is 0 Å². The Bertz CT molecular complexity index is 899. The minimum atomic E-state index is 0.0288. The van der Waals surface area contributed by atoms with Crippen LogP contribution in [0.25, 0.3) is 11.4 Å². The third-order valence-corrected chi connectivity index (χ3v) is 4.52. The molecule has 2 aromatic carbocycles. The monoisotopic (exact) mass is 333 g/mol. The molecule has 0 atom stereocenters. The third kappa shape index (κ3) is 2.93. The molecule has 0 radical (unpaired) electrons. The predicted molar refractivity (Wildman–Crippen MR) is 95.6 cm³/mol. The Labute approximate surface area is 146 Å². The highest BCUT2D eigenvalue weighted by atomic mass is 16.5. The summed E-state index contributed by atoms with van der Waals surface area (Å²) in [5, 5.41) is 3.97. The van der Waals surface area contributed by atoms with Crippen molar-refractivity contribution in [3.8, 4) is 11.4 Å². The van der Waals surface area contributed by atoms with E-state index in [1.165, 1.54) is 5.56 Å². The van der Waals surface area contributed by atoms with Crippen molar-refractivity contribution in [3.05, 3.63) is 65.5 Å². The van der Waals surface area contributed by atoms with Gasteiger partial charge in [0.05, 0.1) is 0 Å². The van der Waals surface area contributed by atoms with E-state index in [0.717, 1.165) is 30.6 Å². The molecule has 1 aromatic heterocycles. The van der Waals surface area contributed by atoms with Crippen LogP contribution in [0.5, 0.6) is 0 Å². The summed E-state index contributed by atoms with van der Waals surface area (Å²) >= 11 is 0. The number of nitrogens with zero attached hydrogens (tertiary/aromatic N) is 3. The van der Waals surface area contributed by atoms with Crippen LogP contribution in [0, 0.1) is 0 Å². The van der Waals surface area contributed by atoms with Crippen LogP contribution in [0.2, 0.25) is 0 Å². The van der Waals surface area contributed by atoms with Crippen LogP contribution in [0.15, 0.2) is 53.1 Å². The van der Waals surface area contributed by atoms with Crippen molar-refractivity contribution in [1.82, 2.24) is 10.1 Å². The van der Waals surface area contributed by atoms with Gasteiger partial charge in [-0.15, -0.1) is 0 Å². The number of aromatic nitrogens is 2. The number of fused-ring (bicyclic) bond motifs is 1. The molecular formula is C20H19N3O2. The van der Waals surface area contributed by atoms with E-state index in [9.17, 15) is 4.79 Å². The Kier molecular flexibility index (Phi) is 4.06. The van der Waals surface area contributed by atoms with Crippen LogP contribution >= 0.6 is 0 Å². The zero-order valence-electron chi connectivity index (χ0n) is 14.1. The van der Waals surface area contributed by atoms with Crippen molar-refractivity contribution in [2.75, 3.05) is 11.4 Å². The molecule has 0 fully saturated rings. The lowest BCUT2D eigenvalue weighted by Crippen LogP contribution is -2.35. The van der Waals surface area contributed by atoms with Gasteiger partial charge in [0.1, 0.15) is 0 Å². The topological polar surface area (TPSA) is 59.2 Å². The maximum Gasteiger partial charge on any atom is 0.258 e. The van der Waals surface area contributed by atoms with Crippen LogP contribution in [0.4, 0.5) is 5.69 Å². The summed E-state index contributed by atoms with van der Waals surface area (Å²) < 4.78 is 5.14. The number of hydrogen-bond donors (Lipinski definition) is 0. The summed E-state index contributed by atoms with van der Waals surface area (Å²) in [5.74, 6) is 1.19. The first-order valence-corrected chi connectivity index (χ1v) is 8.59. The van der Waals surface area contributed by atoms with E-state index >= 15 is 0 Å². The summed E-state index contributed by atoms with van der Waals surface area (Å²) in [6.07, 6.45) is 2.72. The third-order valence-electron chi connectivity index (χ3n) is 4.52. The summed E-state index contributed by atoms with van der Waals surface area (Å²) in [7, 11) is 0. The Balaban J connectivity index is 1.59. The number of aryl methyl sites for hydroxylation is 2. The highest BCUT2D eigenvalue weighted by molar-refractivity contribution is 6.06. The van der Waals surface area contributed by atoms with Crippen LogP contribution < -0.4 is 4.90 Å². The molecule has 126 valence electrons. The number of carbonyl (C=O) groups excluding carboxylic acids is 1. The fourth-order valence-electron chi connectivity index (χ4n) is 3.18. The van der Waals surface area contributed by atoms with Gasteiger partial charge >= 0.3 is 0 Å². The second kappa shape index (κ2) is 6.51. The molecule has 0 N–H and O–H groups in total. The van der Waals surface area contributed by atoms with Crippen molar-refractivity contribution in [2.24, 2.45) is 0 Å². The molecule has 0 bridgehead atoms. The van der Waals surface area contributed by atoms with Crippen molar-refractivity contribution >= 4 is 11.6 Å². The number of carbonyl (C=O) groups is 1. The number of anilines is 1. The maximum absolute atomic E-state index is 12.9. The Morgan fingerprint density at radius 1 is 1.16 bits per heavy atom. The molecule has 2 heterocycles. The first-order chi connectivity index (χ1) is 12.3. The molecule has 0 spiro atoms. The quantitative estimate of drug-likeness (QED) is 0.729. The lowest BCUT2D eigenvalue weighted by atomic mass is 10.0. The molecule has 1 amide bonds. The van der Waals surface area contributed by atoms with Gasteiger partial charge in [-0.05, 0) is 36.6 Å². The van der Waals surface area contributed by atoms with Crippen molar-refractivity contribution < 1.29 is 9.32 Å². The van der Waals surface area contributed by atoms with E-state index in [2.05, 4.69) is 16.2 Å². The van der Waals surface area contributed by atoms with Crippen molar-refractivity contribution in [1.29, 1.82) is 0 Å². The molecule has 25 heavy (non-hydrogen) atoms. The Hall–Kier alpha value is -2.95. The number of rotatable bonds is 3. The zero-order chi connectivity index (χ0) is 17.2. The van der Waals surface area contributed by atoms with Crippen molar-refractivity contribution in [3.63, 3.8) is 0 Å². The predicted octanol–water partition coefficient (Wildman–Crippen LogP) is 3.89. The molecule has 0 saturated carbocycles. The maximum atomic E-state index is 12.9. The normalized spacial score (nSPS) is 13.6. The average molecular weight is 333 g/mol. The first kappa shape index (κ1) is 15.6. The number of para-hydroxylation sites is 1. The van der Waals surface area contributed by atoms with E-state index in [0.29, 0.717) is 23.7 Å². The highest BCUT2D eigenvalue weighted by Crippen LogP contribution is 2.28. The fourth-order valence-corrected chi connectivity index (χ4v) is 3.18. The minimum Gasteiger partial charge on any atom is -0.339 e. The molecule has 4 rings (SSSR count). The number of hydrogen-bond acceptors (Lipinski definition) is 4. The molecule has 5 heteroatoms. The number of amides is 1. The van der Waals surface area contributed by atoms with E-state index in [-0.39, 0.29) is 5.91 Å². The Morgan fingerprint density at radius 3 is 2.72 bits per heavy atom. The van der Waals surface area contributed by atoms with Gasteiger partial charge in [-0.2, -0.15) is 4.98 Å². The molecule has 5 nitrogen and oxygen atoms in total. The zero-order valence-corrected chi connectivity index (χ0v) is 14.1. The summed E-state index contributed by atoms with van der Waals surface area (Å²) in [6, 6.07) is 15.5. The van der Waals surface area contributed by atoms with Gasteiger partial charge in [-0.1, -0.05) is 42.4 Å². The number of benzene rings is 2. The van der Waals surface area contributed by atoms with E-state index in [1.807, 2.05) is 54.3 Å². The fraction of sp³-hybridized carbons (Fsp3) is 0.250. The van der Waals surface area contributed by atoms with Crippen LogP contribution in [-0.4, -0.2) is 22.6 Å². The van der Waals surface area contributed by atoms with Gasteiger partial charge in [0.25, 0.3) is 5.91 Å². The highest BCUT2D eigenvalue weighted by Gasteiger charge is 2.23. The average Bonchev–Trinajstić information content (AvgIpc) is 3.16. The largest absolute Gasteiger partial charge is 0.339 e. The Morgan fingerprint density at radius 2 is 1.96 bits per heavy atom. The molecule has 0 aliphatic carbocycles. The molecule has 1 aliphatic heterocycles. The van der Waals surface area contributed by atoms with E-state index in [4.69, 9.17) is 4.52 Å². The van der Waals surface area contributed by atoms with Crippen LogP contribution in [-0.2, 0) is 12.8 Å². The van der Waals surface area contributed by atoms with Gasteiger partial charge in [0.2, 0.25) is 11.7 Å². The van der Waals surface area contributed by atoms with Crippen molar-refractivity contribution in [2.45, 2.75) is 26.2 Å². The molecule has 0 unspecified atom stereocenters. The lowest BCUT2D eigenvalue weighted by Gasteiger charge is -2.29. The summed E-state index contributed by atoms with van der Waals surface area (Å²) in [4.78, 5) is 19.1. The second-order valence-electron chi connectivity index (χ2n) is 6.13. The molecule has 0 saturated heterocycles.